The minimum atomic E-state index is -0.753. The van der Waals surface area contributed by atoms with Crippen molar-refractivity contribution >= 4 is 15.9 Å². The lowest BCUT2D eigenvalue weighted by Crippen LogP contribution is -1.96. The van der Waals surface area contributed by atoms with Crippen molar-refractivity contribution in [3.63, 3.8) is 0 Å². The van der Waals surface area contributed by atoms with Gasteiger partial charge in [-0.05, 0) is 18.6 Å². The molecule has 0 radical (unpaired) electrons. The standard InChI is InChI=1S/C10H9BrFN3O2/c1-4-5(11)2-6(12)9(16)8(4)10-14-7(3-13)17-15-10/h2,16H,3,13H2,1H3. The smallest absolute Gasteiger partial charge is 0.240 e. The number of phenolic OH excluding ortho intramolecular Hbond substituents is 1. The SMILES string of the molecule is Cc1c(Br)cc(F)c(O)c1-c1noc(CN)n1. The first-order valence-corrected chi connectivity index (χ1v) is 5.54. The van der Waals surface area contributed by atoms with E-state index in [0.717, 1.165) is 0 Å². The molecule has 1 aromatic carbocycles. The van der Waals surface area contributed by atoms with E-state index in [1.807, 2.05) is 0 Å². The number of aromatic hydroxyl groups is 1. The summed E-state index contributed by atoms with van der Waals surface area (Å²) < 4.78 is 18.7. The summed E-state index contributed by atoms with van der Waals surface area (Å²) in [5.74, 6) is -0.925. The summed E-state index contributed by atoms with van der Waals surface area (Å²) in [5.41, 5.74) is 6.15. The molecule has 2 aromatic rings. The van der Waals surface area contributed by atoms with Gasteiger partial charge in [0.1, 0.15) is 0 Å². The van der Waals surface area contributed by atoms with Gasteiger partial charge in [-0.15, -0.1) is 0 Å². The van der Waals surface area contributed by atoms with Gasteiger partial charge in [0, 0.05) is 4.47 Å². The van der Waals surface area contributed by atoms with Gasteiger partial charge in [0.25, 0.3) is 0 Å². The van der Waals surface area contributed by atoms with Crippen LogP contribution in [-0.2, 0) is 6.54 Å². The molecule has 0 saturated carbocycles. The zero-order valence-electron chi connectivity index (χ0n) is 8.87. The molecule has 0 fully saturated rings. The van der Waals surface area contributed by atoms with Crippen LogP contribution in [0.2, 0.25) is 0 Å². The summed E-state index contributed by atoms with van der Waals surface area (Å²) >= 11 is 3.19. The van der Waals surface area contributed by atoms with E-state index in [-0.39, 0.29) is 23.8 Å². The Morgan fingerprint density at radius 1 is 1.59 bits per heavy atom. The lowest BCUT2D eigenvalue weighted by Gasteiger charge is -2.07. The molecule has 0 atom stereocenters. The fourth-order valence-corrected chi connectivity index (χ4v) is 1.82. The summed E-state index contributed by atoms with van der Waals surface area (Å²) in [6, 6.07) is 1.18. The van der Waals surface area contributed by atoms with Crippen molar-refractivity contribution in [3.05, 3.63) is 27.8 Å². The van der Waals surface area contributed by atoms with Crippen molar-refractivity contribution in [2.24, 2.45) is 5.73 Å². The van der Waals surface area contributed by atoms with Crippen molar-refractivity contribution in [3.8, 4) is 17.1 Å². The van der Waals surface area contributed by atoms with Gasteiger partial charge >= 0.3 is 0 Å². The molecule has 0 aliphatic rings. The van der Waals surface area contributed by atoms with Crippen LogP contribution in [-0.4, -0.2) is 15.2 Å². The fraction of sp³-hybridized carbons (Fsp3) is 0.200. The van der Waals surface area contributed by atoms with Crippen molar-refractivity contribution < 1.29 is 14.0 Å². The van der Waals surface area contributed by atoms with E-state index in [1.54, 1.807) is 6.92 Å². The predicted molar refractivity (Wildman–Crippen MR) is 61.7 cm³/mol. The average molecular weight is 302 g/mol. The van der Waals surface area contributed by atoms with Crippen LogP contribution in [0.1, 0.15) is 11.5 Å². The van der Waals surface area contributed by atoms with Crippen LogP contribution in [0, 0.1) is 12.7 Å². The van der Waals surface area contributed by atoms with Crippen LogP contribution < -0.4 is 5.73 Å². The zero-order valence-corrected chi connectivity index (χ0v) is 10.5. The maximum Gasteiger partial charge on any atom is 0.240 e. The van der Waals surface area contributed by atoms with Crippen molar-refractivity contribution in [2.45, 2.75) is 13.5 Å². The van der Waals surface area contributed by atoms with E-state index in [2.05, 4.69) is 26.1 Å². The van der Waals surface area contributed by atoms with Crippen LogP contribution in [0.3, 0.4) is 0 Å². The largest absolute Gasteiger partial charge is 0.504 e. The molecule has 90 valence electrons. The van der Waals surface area contributed by atoms with Gasteiger partial charge in [0.15, 0.2) is 11.6 Å². The lowest BCUT2D eigenvalue weighted by atomic mass is 10.1. The third kappa shape index (κ3) is 2.03. The Bertz CT molecular complexity index is 545. The highest BCUT2D eigenvalue weighted by atomic mass is 79.9. The molecular weight excluding hydrogens is 293 g/mol. The van der Waals surface area contributed by atoms with Crippen molar-refractivity contribution in [1.82, 2.24) is 10.1 Å². The van der Waals surface area contributed by atoms with Crippen molar-refractivity contribution in [1.29, 1.82) is 0 Å². The number of nitrogens with two attached hydrogens (primary N) is 1. The van der Waals surface area contributed by atoms with E-state index >= 15 is 0 Å². The second-order valence-electron chi connectivity index (χ2n) is 3.40. The van der Waals surface area contributed by atoms with Crippen LogP contribution in [0.5, 0.6) is 5.75 Å². The summed E-state index contributed by atoms with van der Waals surface area (Å²) in [5, 5.41) is 13.3. The molecule has 5 nitrogen and oxygen atoms in total. The minimum absolute atomic E-state index is 0.0866. The second-order valence-corrected chi connectivity index (χ2v) is 4.26. The highest BCUT2D eigenvalue weighted by molar-refractivity contribution is 9.10. The molecule has 0 spiro atoms. The Labute approximate surface area is 105 Å². The van der Waals surface area contributed by atoms with Gasteiger partial charge in [-0.3, -0.25) is 0 Å². The maximum absolute atomic E-state index is 13.4. The van der Waals surface area contributed by atoms with Crippen LogP contribution in [0.25, 0.3) is 11.4 Å². The molecule has 1 heterocycles. The first-order valence-electron chi connectivity index (χ1n) is 4.75. The van der Waals surface area contributed by atoms with E-state index in [4.69, 9.17) is 10.3 Å². The molecule has 0 bridgehead atoms. The van der Waals surface area contributed by atoms with Gasteiger partial charge in [-0.25, -0.2) is 4.39 Å². The summed E-state index contributed by atoms with van der Waals surface area (Å²) in [6.07, 6.45) is 0. The molecule has 0 aliphatic carbocycles. The highest BCUT2D eigenvalue weighted by Gasteiger charge is 2.19. The Morgan fingerprint density at radius 3 is 2.88 bits per heavy atom. The van der Waals surface area contributed by atoms with Gasteiger partial charge in [0.05, 0.1) is 12.1 Å². The second kappa shape index (κ2) is 4.42. The summed E-state index contributed by atoms with van der Waals surface area (Å²) in [6.45, 7) is 1.79. The first kappa shape index (κ1) is 12.0. The maximum atomic E-state index is 13.4. The van der Waals surface area contributed by atoms with E-state index < -0.39 is 11.6 Å². The van der Waals surface area contributed by atoms with E-state index in [1.165, 1.54) is 6.07 Å². The van der Waals surface area contributed by atoms with E-state index in [9.17, 15) is 9.50 Å². The number of hydrogen-bond donors (Lipinski definition) is 2. The lowest BCUT2D eigenvalue weighted by molar-refractivity contribution is 0.380. The Morgan fingerprint density at radius 2 is 2.29 bits per heavy atom. The van der Waals surface area contributed by atoms with Gasteiger partial charge in [0.2, 0.25) is 11.7 Å². The fourth-order valence-electron chi connectivity index (χ4n) is 1.42. The Kier molecular flexibility index (Phi) is 3.12. The highest BCUT2D eigenvalue weighted by Crippen LogP contribution is 2.36. The number of halogens is 2. The van der Waals surface area contributed by atoms with Crippen LogP contribution >= 0.6 is 15.9 Å². The molecule has 1 aromatic heterocycles. The van der Waals surface area contributed by atoms with E-state index in [0.29, 0.717) is 10.0 Å². The molecular formula is C10H9BrFN3O2. The monoisotopic (exact) mass is 301 g/mol. The molecule has 17 heavy (non-hydrogen) atoms. The number of phenols is 1. The molecule has 0 saturated heterocycles. The first-order chi connectivity index (χ1) is 8.04. The molecule has 3 N–H and O–H groups in total. The predicted octanol–water partition coefficient (Wildman–Crippen LogP) is 2.11. The van der Waals surface area contributed by atoms with Crippen molar-refractivity contribution in [2.75, 3.05) is 0 Å². The quantitative estimate of drug-likeness (QED) is 0.887. The minimum Gasteiger partial charge on any atom is -0.504 e. The summed E-state index contributed by atoms with van der Waals surface area (Å²) in [7, 11) is 0. The number of nitrogens with zero attached hydrogens (tertiary/aromatic N) is 2. The third-order valence-electron chi connectivity index (χ3n) is 2.32. The number of aromatic nitrogens is 2. The summed E-state index contributed by atoms with van der Waals surface area (Å²) in [4.78, 5) is 3.95. The molecule has 2 rings (SSSR count). The normalized spacial score (nSPS) is 10.8. The zero-order chi connectivity index (χ0) is 12.6. The number of benzene rings is 1. The third-order valence-corrected chi connectivity index (χ3v) is 3.14. The Balaban J connectivity index is 2.65. The van der Waals surface area contributed by atoms with Crippen LogP contribution in [0.15, 0.2) is 15.1 Å². The number of hydrogen-bond acceptors (Lipinski definition) is 5. The van der Waals surface area contributed by atoms with Gasteiger partial charge in [-0.1, -0.05) is 21.1 Å². The topological polar surface area (TPSA) is 85.2 Å². The van der Waals surface area contributed by atoms with Gasteiger partial charge in [-0.2, -0.15) is 4.98 Å². The Hall–Kier alpha value is -1.47. The molecule has 0 unspecified atom stereocenters. The average Bonchev–Trinajstić information content (AvgIpc) is 2.75. The van der Waals surface area contributed by atoms with Gasteiger partial charge < -0.3 is 15.4 Å². The number of rotatable bonds is 2. The molecule has 0 amide bonds. The molecule has 0 aliphatic heterocycles. The van der Waals surface area contributed by atoms with Crippen LogP contribution in [0.4, 0.5) is 4.39 Å². The molecule has 7 heteroatoms.